The molecule has 5 nitrogen and oxygen atoms in total. The van der Waals surface area contributed by atoms with E-state index < -0.39 is 23.9 Å². The van der Waals surface area contributed by atoms with Crippen LogP contribution in [0.15, 0.2) is 22.8 Å². The van der Waals surface area contributed by atoms with E-state index in [0.29, 0.717) is 24.0 Å². The summed E-state index contributed by atoms with van der Waals surface area (Å²) in [5.41, 5.74) is 1.75. The van der Waals surface area contributed by atoms with Crippen molar-refractivity contribution < 1.29 is 24.5 Å². The Bertz CT molecular complexity index is 498. The van der Waals surface area contributed by atoms with Crippen LogP contribution < -0.4 is 0 Å². The first-order chi connectivity index (χ1) is 9.48. The van der Waals surface area contributed by atoms with Gasteiger partial charge in [-0.05, 0) is 26.7 Å². The zero-order chi connectivity index (χ0) is 14.5. The van der Waals surface area contributed by atoms with Gasteiger partial charge in [-0.2, -0.15) is 0 Å². The average Bonchev–Trinajstić information content (AvgIpc) is 3.03. The van der Waals surface area contributed by atoms with Gasteiger partial charge in [-0.15, -0.1) is 0 Å². The number of carbonyl (C=O) groups excluding carboxylic acids is 1. The van der Waals surface area contributed by atoms with E-state index in [-0.39, 0.29) is 12.6 Å². The van der Waals surface area contributed by atoms with E-state index in [1.807, 2.05) is 13.8 Å². The number of aliphatic hydroxyl groups is 2. The monoisotopic (exact) mass is 280 g/mol. The van der Waals surface area contributed by atoms with Crippen molar-refractivity contribution in [3.8, 4) is 0 Å². The SMILES string of the molecule is CC(C)=CCCC1=C2C(C[C@@]3(CO)O[C@H]3[C@@H]2O)OC1=O. The van der Waals surface area contributed by atoms with E-state index in [1.54, 1.807) is 0 Å². The molecule has 0 aromatic heterocycles. The molecule has 5 heteroatoms. The van der Waals surface area contributed by atoms with Crippen LogP contribution in [0.4, 0.5) is 0 Å². The van der Waals surface area contributed by atoms with E-state index in [0.717, 1.165) is 6.42 Å². The number of fused-ring (bicyclic) bond motifs is 2. The summed E-state index contributed by atoms with van der Waals surface area (Å²) in [6.45, 7) is 3.87. The number of ether oxygens (including phenoxy) is 2. The van der Waals surface area contributed by atoms with Gasteiger partial charge in [-0.3, -0.25) is 0 Å². The summed E-state index contributed by atoms with van der Waals surface area (Å²) in [6.07, 6.45) is 2.16. The highest BCUT2D eigenvalue weighted by Gasteiger charge is 2.67. The number of allylic oxidation sites excluding steroid dienone is 2. The predicted octanol–water partition coefficient (Wildman–Crippen LogP) is 0.849. The first kappa shape index (κ1) is 13.8. The Kier molecular flexibility index (Phi) is 3.23. The number of esters is 1. The van der Waals surface area contributed by atoms with Gasteiger partial charge in [0.05, 0.1) is 6.61 Å². The smallest absolute Gasteiger partial charge is 0.334 e. The maximum absolute atomic E-state index is 12.0. The molecule has 0 spiro atoms. The molecule has 1 aliphatic carbocycles. The number of hydrogen-bond donors (Lipinski definition) is 2. The highest BCUT2D eigenvalue weighted by molar-refractivity contribution is 5.92. The number of hydrogen-bond acceptors (Lipinski definition) is 5. The first-order valence-electron chi connectivity index (χ1n) is 7.02. The zero-order valence-electron chi connectivity index (χ0n) is 11.8. The van der Waals surface area contributed by atoms with E-state index in [9.17, 15) is 15.0 Å². The van der Waals surface area contributed by atoms with Crippen molar-refractivity contribution in [3.05, 3.63) is 22.8 Å². The van der Waals surface area contributed by atoms with Crippen LogP contribution in [0.2, 0.25) is 0 Å². The van der Waals surface area contributed by atoms with Gasteiger partial charge in [0.25, 0.3) is 0 Å². The maximum atomic E-state index is 12.0. The minimum absolute atomic E-state index is 0.150. The van der Waals surface area contributed by atoms with Gasteiger partial charge in [0, 0.05) is 17.6 Å². The van der Waals surface area contributed by atoms with Crippen molar-refractivity contribution in [1.29, 1.82) is 0 Å². The average molecular weight is 280 g/mol. The Morgan fingerprint density at radius 1 is 1.50 bits per heavy atom. The molecule has 2 N–H and O–H groups in total. The second-order valence-electron chi connectivity index (χ2n) is 6.06. The van der Waals surface area contributed by atoms with E-state index in [1.165, 1.54) is 5.57 Å². The first-order valence-corrected chi connectivity index (χ1v) is 7.02. The summed E-state index contributed by atoms with van der Waals surface area (Å²) in [4.78, 5) is 12.0. The molecule has 0 amide bonds. The summed E-state index contributed by atoms with van der Waals surface area (Å²) in [6, 6.07) is 0. The van der Waals surface area contributed by atoms with Crippen molar-refractivity contribution in [2.45, 2.75) is 57.0 Å². The van der Waals surface area contributed by atoms with Crippen LogP contribution in [-0.2, 0) is 14.3 Å². The Labute approximate surface area is 117 Å². The second-order valence-corrected chi connectivity index (χ2v) is 6.06. The fourth-order valence-electron chi connectivity index (χ4n) is 3.25. The third-order valence-electron chi connectivity index (χ3n) is 4.36. The number of rotatable bonds is 4. The Morgan fingerprint density at radius 2 is 2.25 bits per heavy atom. The molecule has 2 heterocycles. The molecular formula is C15H20O5. The normalized spacial score (nSPS) is 38.2. The van der Waals surface area contributed by atoms with Crippen molar-refractivity contribution in [3.63, 3.8) is 0 Å². The highest BCUT2D eigenvalue weighted by atomic mass is 16.6. The number of carbonyl (C=O) groups is 1. The van der Waals surface area contributed by atoms with Gasteiger partial charge in [-0.1, -0.05) is 11.6 Å². The van der Waals surface area contributed by atoms with Gasteiger partial charge in [0.15, 0.2) is 0 Å². The molecule has 4 atom stereocenters. The maximum Gasteiger partial charge on any atom is 0.334 e. The van der Waals surface area contributed by atoms with Crippen molar-refractivity contribution in [2.24, 2.45) is 0 Å². The lowest BCUT2D eigenvalue weighted by atomic mass is 9.80. The summed E-state index contributed by atoms with van der Waals surface area (Å²) < 4.78 is 10.8. The number of aliphatic hydroxyl groups excluding tert-OH is 2. The molecule has 0 bridgehead atoms. The molecular weight excluding hydrogens is 260 g/mol. The summed E-state index contributed by atoms with van der Waals surface area (Å²) in [5, 5.41) is 19.7. The lowest BCUT2D eigenvalue weighted by Crippen LogP contribution is -2.41. The minimum Gasteiger partial charge on any atom is -0.454 e. The quantitative estimate of drug-likeness (QED) is 0.453. The molecule has 1 unspecified atom stereocenters. The topological polar surface area (TPSA) is 79.3 Å². The molecule has 3 rings (SSSR count). The third-order valence-corrected chi connectivity index (χ3v) is 4.36. The molecule has 0 radical (unpaired) electrons. The fourth-order valence-corrected chi connectivity index (χ4v) is 3.25. The molecule has 2 aliphatic heterocycles. The summed E-state index contributed by atoms with van der Waals surface area (Å²) in [7, 11) is 0. The van der Waals surface area contributed by atoms with E-state index in [2.05, 4.69) is 6.08 Å². The summed E-state index contributed by atoms with van der Waals surface area (Å²) in [5.74, 6) is -0.333. The van der Waals surface area contributed by atoms with Crippen LogP contribution in [0.1, 0.15) is 33.1 Å². The van der Waals surface area contributed by atoms with Gasteiger partial charge >= 0.3 is 5.97 Å². The van der Waals surface area contributed by atoms with E-state index >= 15 is 0 Å². The minimum atomic E-state index is -0.839. The van der Waals surface area contributed by atoms with Crippen LogP contribution in [0.5, 0.6) is 0 Å². The van der Waals surface area contributed by atoms with Gasteiger partial charge in [-0.25, -0.2) is 4.79 Å². The van der Waals surface area contributed by atoms with Gasteiger partial charge in [0.2, 0.25) is 0 Å². The van der Waals surface area contributed by atoms with Crippen molar-refractivity contribution >= 4 is 5.97 Å². The lowest BCUT2D eigenvalue weighted by Gasteiger charge is -2.26. The van der Waals surface area contributed by atoms with Crippen LogP contribution >= 0.6 is 0 Å². The standard InChI is InChI=1S/C15H20O5/c1-8(2)4-3-5-9-11-10(19-14(9)18)6-15(7-16)13(20-15)12(11)17/h4,10,12-13,16-17H,3,5-7H2,1-2H3/t10?,12-,13+,15+/m1/s1. The molecule has 1 saturated carbocycles. The molecule has 0 aromatic rings. The van der Waals surface area contributed by atoms with Crippen LogP contribution in [0, 0.1) is 0 Å². The molecule has 2 fully saturated rings. The zero-order valence-corrected chi connectivity index (χ0v) is 11.8. The van der Waals surface area contributed by atoms with E-state index in [4.69, 9.17) is 9.47 Å². The highest BCUT2D eigenvalue weighted by Crippen LogP contribution is 2.52. The number of epoxide rings is 1. The van der Waals surface area contributed by atoms with Crippen LogP contribution in [0.3, 0.4) is 0 Å². The molecule has 1 saturated heterocycles. The third kappa shape index (κ3) is 2.01. The Morgan fingerprint density at radius 3 is 2.90 bits per heavy atom. The predicted molar refractivity (Wildman–Crippen MR) is 70.9 cm³/mol. The Hall–Kier alpha value is -1.17. The van der Waals surface area contributed by atoms with Crippen molar-refractivity contribution in [2.75, 3.05) is 6.61 Å². The fraction of sp³-hybridized carbons (Fsp3) is 0.667. The van der Waals surface area contributed by atoms with Gasteiger partial charge < -0.3 is 19.7 Å². The molecule has 20 heavy (non-hydrogen) atoms. The molecule has 110 valence electrons. The van der Waals surface area contributed by atoms with Gasteiger partial charge in [0.1, 0.15) is 23.9 Å². The van der Waals surface area contributed by atoms with Crippen LogP contribution in [0.25, 0.3) is 0 Å². The van der Waals surface area contributed by atoms with Crippen molar-refractivity contribution in [1.82, 2.24) is 0 Å². The molecule has 3 aliphatic rings. The summed E-state index contributed by atoms with van der Waals surface area (Å²) >= 11 is 0. The Balaban J connectivity index is 1.82. The second kappa shape index (κ2) is 4.69. The lowest BCUT2D eigenvalue weighted by molar-refractivity contribution is -0.141. The molecule has 0 aromatic carbocycles. The van der Waals surface area contributed by atoms with Crippen LogP contribution in [-0.4, -0.2) is 46.7 Å². The largest absolute Gasteiger partial charge is 0.454 e.